The number of thiazole rings is 1. The Morgan fingerprint density at radius 3 is 2.88 bits per heavy atom. The number of hydrogen-bond acceptors (Lipinski definition) is 7. The molecule has 2 fully saturated rings. The van der Waals surface area contributed by atoms with Crippen molar-refractivity contribution in [2.75, 3.05) is 38.0 Å². The predicted molar refractivity (Wildman–Crippen MR) is 101 cm³/mol. The van der Waals surface area contributed by atoms with Crippen LogP contribution in [0.3, 0.4) is 0 Å². The zero-order chi connectivity index (χ0) is 17.2. The quantitative estimate of drug-likeness (QED) is 0.642. The molecule has 1 aromatic heterocycles. The van der Waals surface area contributed by atoms with Crippen molar-refractivity contribution in [2.45, 2.75) is 23.8 Å². The summed E-state index contributed by atoms with van der Waals surface area (Å²) in [5.74, 6) is -0.00875. The van der Waals surface area contributed by atoms with Gasteiger partial charge in [0.15, 0.2) is 5.13 Å². The van der Waals surface area contributed by atoms with Crippen molar-refractivity contribution in [2.24, 2.45) is 0 Å². The molecule has 1 saturated carbocycles. The molecule has 0 bridgehead atoms. The lowest BCUT2D eigenvalue weighted by atomic mass is 10.3. The second-order valence-electron chi connectivity index (χ2n) is 6.43. The molecular formula is C17H19N5OS2. The molecule has 2 aromatic rings. The minimum atomic E-state index is -0.00875. The number of piperazine rings is 1. The predicted octanol–water partition coefficient (Wildman–Crippen LogP) is 2.59. The number of benzene rings is 1. The van der Waals surface area contributed by atoms with Gasteiger partial charge in [-0.3, -0.25) is 14.6 Å². The van der Waals surface area contributed by atoms with Gasteiger partial charge in [0.1, 0.15) is 5.40 Å². The van der Waals surface area contributed by atoms with Gasteiger partial charge >= 0.3 is 0 Å². The van der Waals surface area contributed by atoms with E-state index in [-0.39, 0.29) is 5.91 Å². The number of nitrogens with one attached hydrogen (secondary N) is 1. The number of aromatic nitrogens is 1. The summed E-state index contributed by atoms with van der Waals surface area (Å²) in [6.45, 7) is 4.47. The van der Waals surface area contributed by atoms with Gasteiger partial charge in [-0.1, -0.05) is 11.3 Å². The van der Waals surface area contributed by atoms with Gasteiger partial charge in [-0.05, 0) is 42.8 Å². The number of carbonyl (C=O) groups excluding carboxylic acids is 1. The maximum atomic E-state index is 12.3. The molecule has 1 amide bonds. The Bertz CT molecular complexity index is 818. The molecule has 0 atom stereocenters. The number of anilines is 1. The summed E-state index contributed by atoms with van der Waals surface area (Å²) in [4.78, 5) is 22.4. The number of carbonyl (C=O) groups is 1. The van der Waals surface area contributed by atoms with Gasteiger partial charge in [0.2, 0.25) is 5.91 Å². The van der Waals surface area contributed by atoms with Crippen LogP contribution in [-0.2, 0) is 4.79 Å². The van der Waals surface area contributed by atoms with Gasteiger partial charge in [0.25, 0.3) is 0 Å². The first-order chi connectivity index (χ1) is 12.2. The maximum absolute atomic E-state index is 12.3. The minimum absolute atomic E-state index is 0.00875. The molecule has 8 heteroatoms. The highest BCUT2D eigenvalue weighted by Crippen LogP contribution is 2.30. The third-order valence-corrected chi connectivity index (χ3v) is 6.12. The molecule has 130 valence electrons. The zero-order valence-corrected chi connectivity index (χ0v) is 15.4. The molecule has 0 spiro atoms. The fraction of sp³-hybridized carbons (Fsp3) is 0.471. The number of nitriles is 1. The zero-order valence-electron chi connectivity index (χ0n) is 13.8. The monoisotopic (exact) mass is 373 g/mol. The number of thiocyanates is 1. The number of amides is 1. The van der Waals surface area contributed by atoms with Crippen molar-refractivity contribution < 1.29 is 4.79 Å². The molecule has 1 aliphatic carbocycles. The van der Waals surface area contributed by atoms with Crippen LogP contribution >= 0.6 is 23.1 Å². The molecule has 1 saturated heterocycles. The number of hydrogen-bond donors (Lipinski definition) is 1. The van der Waals surface area contributed by atoms with E-state index in [1.165, 1.54) is 24.2 Å². The van der Waals surface area contributed by atoms with E-state index < -0.39 is 0 Å². The standard InChI is InChI=1S/C17H19N5OS2/c18-11-24-13-3-4-14-15(9-13)25-17(19-14)20-16(23)10-21-5-7-22(8-6-21)12-1-2-12/h3-4,9,12H,1-2,5-8,10H2,(H,19,20,23). The van der Waals surface area contributed by atoms with E-state index >= 15 is 0 Å². The van der Waals surface area contributed by atoms with E-state index in [2.05, 4.69) is 25.5 Å². The molecule has 1 aromatic carbocycles. The summed E-state index contributed by atoms with van der Waals surface area (Å²) < 4.78 is 0.980. The van der Waals surface area contributed by atoms with Crippen LogP contribution in [0.1, 0.15) is 12.8 Å². The van der Waals surface area contributed by atoms with E-state index in [1.807, 2.05) is 18.2 Å². The number of rotatable bonds is 5. The number of thioether (sulfide) groups is 1. The van der Waals surface area contributed by atoms with Gasteiger partial charge < -0.3 is 5.32 Å². The van der Waals surface area contributed by atoms with Crippen molar-refractivity contribution >= 4 is 44.4 Å². The summed E-state index contributed by atoms with van der Waals surface area (Å²) in [5.41, 5.74) is 0.848. The average molecular weight is 374 g/mol. The van der Waals surface area contributed by atoms with Crippen LogP contribution in [0.2, 0.25) is 0 Å². The van der Waals surface area contributed by atoms with E-state index in [0.29, 0.717) is 11.7 Å². The van der Waals surface area contributed by atoms with Crippen LogP contribution in [0.4, 0.5) is 5.13 Å². The van der Waals surface area contributed by atoms with Crippen molar-refractivity contribution in [3.63, 3.8) is 0 Å². The van der Waals surface area contributed by atoms with Gasteiger partial charge in [0, 0.05) is 37.1 Å². The number of fused-ring (bicyclic) bond motifs is 1. The van der Waals surface area contributed by atoms with Crippen LogP contribution in [0.5, 0.6) is 0 Å². The average Bonchev–Trinajstić information content (AvgIpc) is 3.36. The van der Waals surface area contributed by atoms with Crippen LogP contribution in [-0.4, -0.2) is 59.5 Å². The highest BCUT2D eigenvalue weighted by Gasteiger charge is 2.31. The second-order valence-corrected chi connectivity index (χ2v) is 8.32. The topological polar surface area (TPSA) is 72.3 Å². The molecule has 25 heavy (non-hydrogen) atoms. The van der Waals surface area contributed by atoms with Crippen LogP contribution in [0.15, 0.2) is 23.1 Å². The first kappa shape index (κ1) is 16.8. The first-order valence-electron chi connectivity index (χ1n) is 8.44. The Labute approximate surface area is 154 Å². The molecule has 6 nitrogen and oxygen atoms in total. The van der Waals surface area contributed by atoms with Gasteiger partial charge in [-0.15, -0.1) is 0 Å². The second kappa shape index (κ2) is 7.30. The van der Waals surface area contributed by atoms with Crippen LogP contribution in [0.25, 0.3) is 10.2 Å². The first-order valence-corrected chi connectivity index (χ1v) is 10.1. The molecule has 0 radical (unpaired) electrons. The molecule has 4 rings (SSSR count). The third kappa shape index (κ3) is 4.12. The smallest absolute Gasteiger partial charge is 0.240 e. The lowest BCUT2D eigenvalue weighted by Gasteiger charge is -2.34. The van der Waals surface area contributed by atoms with E-state index in [4.69, 9.17) is 5.26 Å². The Kier molecular flexibility index (Phi) is 4.90. The van der Waals surface area contributed by atoms with Crippen LogP contribution in [0, 0.1) is 10.7 Å². The van der Waals surface area contributed by atoms with E-state index in [9.17, 15) is 4.79 Å². The molecule has 1 N–H and O–H groups in total. The fourth-order valence-corrected chi connectivity index (χ4v) is 4.58. The summed E-state index contributed by atoms with van der Waals surface area (Å²) in [6.07, 6.45) is 2.68. The van der Waals surface area contributed by atoms with Gasteiger partial charge in [-0.25, -0.2) is 4.98 Å². The highest BCUT2D eigenvalue weighted by atomic mass is 32.2. The summed E-state index contributed by atoms with van der Waals surface area (Å²) in [7, 11) is 0. The molecular weight excluding hydrogens is 354 g/mol. The minimum Gasteiger partial charge on any atom is -0.301 e. The Balaban J connectivity index is 1.33. The Morgan fingerprint density at radius 2 is 2.16 bits per heavy atom. The van der Waals surface area contributed by atoms with Gasteiger partial charge in [0.05, 0.1) is 16.8 Å². The molecule has 1 aliphatic heterocycles. The lowest BCUT2D eigenvalue weighted by molar-refractivity contribution is -0.117. The van der Waals surface area contributed by atoms with Crippen molar-refractivity contribution in [1.82, 2.24) is 14.8 Å². The highest BCUT2D eigenvalue weighted by molar-refractivity contribution is 8.03. The summed E-state index contributed by atoms with van der Waals surface area (Å²) in [6, 6.07) is 6.51. The summed E-state index contributed by atoms with van der Waals surface area (Å²) in [5, 5.41) is 14.4. The Morgan fingerprint density at radius 1 is 1.36 bits per heavy atom. The molecule has 2 aliphatic rings. The third-order valence-electron chi connectivity index (χ3n) is 4.61. The van der Waals surface area contributed by atoms with E-state index in [0.717, 1.165) is 59.1 Å². The van der Waals surface area contributed by atoms with Crippen molar-refractivity contribution in [3.8, 4) is 5.40 Å². The van der Waals surface area contributed by atoms with Gasteiger partial charge in [-0.2, -0.15) is 5.26 Å². The lowest BCUT2D eigenvalue weighted by Crippen LogP contribution is -2.49. The molecule has 2 heterocycles. The summed E-state index contributed by atoms with van der Waals surface area (Å²) >= 11 is 2.58. The van der Waals surface area contributed by atoms with Crippen LogP contribution < -0.4 is 5.32 Å². The van der Waals surface area contributed by atoms with E-state index in [1.54, 1.807) is 0 Å². The van der Waals surface area contributed by atoms with Crippen molar-refractivity contribution in [1.29, 1.82) is 5.26 Å². The molecule has 0 unspecified atom stereocenters. The maximum Gasteiger partial charge on any atom is 0.240 e. The Hall–Kier alpha value is -1.66. The van der Waals surface area contributed by atoms with Crippen molar-refractivity contribution in [3.05, 3.63) is 18.2 Å². The SMILES string of the molecule is N#CSc1ccc2nc(NC(=O)CN3CCN(C4CC4)CC3)sc2c1. The largest absolute Gasteiger partial charge is 0.301 e. The normalized spacial score (nSPS) is 19.0. The number of nitrogens with zero attached hydrogens (tertiary/aromatic N) is 4. The fourth-order valence-electron chi connectivity index (χ4n) is 3.16.